The molecule has 0 saturated carbocycles. The monoisotopic (exact) mass is 498 g/mol. The zero-order valence-electron chi connectivity index (χ0n) is 20.8. The number of Topliss-reactive ketones (excluding diaryl/α,β-unsaturated/α-hetero) is 1. The van der Waals surface area contributed by atoms with Gasteiger partial charge in [-0.1, -0.05) is 24.8 Å². The lowest BCUT2D eigenvalue weighted by Crippen LogP contribution is -2.21. The molecule has 1 atom stereocenters. The number of benzene rings is 3. The number of ketones is 1. The van der Waals surface area contributed by atoms with Crippen molar-refractivity contribution >= 4 is 17.8 Å². The van der Waals surface area contributed by atoms with E-state index in [0.717, 1.165) is 16.7 Å². The normalized spacial score (nSPS) is 16.9. The molecule has 0 amide bonds. The van der Waals surface area contributed by atoms with E-state index in [4.69, 9.17) is 23.7 Å². The Kier molecular flexibility index (Phi) is 6.44. The molecule has 3 aromatic carbocycles. The van der Waals surface area contributed by atoms with Gasteiger partial charge in [0.15, 0.2) is 17.3 Å². The van der Waals surface area contributed by atoms with Gasteiger partial charge in [0.25, 0.3) is 0 Å². The molecular formula is C30H26O7. The second kappa shape index (κ2) is 9.85. The third-order valence-corrected chi connectivity index (χ3v) is 6.26. The Labute approximate surface area is 214 Å². The summed E-state index contributed by atoms with van der Waals surface area (Å²) in [5.74, 6) is 1.79. The van der Waals surface area contributed by atoms with Gasteiger partial charge in [-0.15, -0.1) is 0 Å². The summed E-state index contributed by atoms with van der Waals surface area (Å²) in [7, 11) is 3.16. The highest BCUT2D eigenvalue weighted by atomic mass is 16.5. The van der Waals surface area contributed by atoms with Crippen molar-refractivity contribution in [2.75, 3.05) is 20.8 Å². The molecule has 2 aliphatic heterocycles. The van der Waals surface area contributed by atoms with Crippen LogP contribution >= 0.6 is 0 Å². The number of hydrogen-bond donors (Lipinski definition) is 0. The number of rotatable bonds is 7. The molecule has 3 aromatic rings. The molecular weight excluding hydrogens is 472 g/mol. The molecule has 0 saturated heterocycles. The SMILES string of the molecule is C=C(C)COc1cc(C2CC(=O)Oc3ccc4c(c32)O/C(=C\c2ccc(OC)cc2)C4=O)ccc1OC. The summed E-state index contributed by atoms with van der Waals surface area (Å²) in [6, 6.07) is 16.1. The Hall–Kier alpha value is -4.52. The molecule has 0 N–H and O–H groups in total. The Bertz CT molecular complexity index is 1430. The Morgan fingerprint density at radius 2 is 1.78 bits per heavy atom. The van der Waals surface area contributed by atoms with Gasteiger partial charge in [0, 0.05) is 11.5 Å². The highest BCUT2D eigenvalue weighted by Gasteiger charge is 2.38. The molecule has 37 heavy (non-hydrogen) atoms. The predicted octanol–water partition coefficient (Wildman–Crippen LogP) is 5.72. The molecule has 1 unspecified atom stereocenters. The van der Waals surface area contributed by atoms with E-state index in [1.54, 1.807) is 38.5 Å². The molecule has 7 nitrogen and oxygen atoms in total. The zero-order chi connectivity index (χ0) is 26.1. The number of carbonyl (C=O) groups is 2. The van der Waals surface area contributed by atoms with Crippen LogP contribution in [0, 0.1) is 0 Å². The van der Waals surface area contributed by atoms with Crippen LogP contribution in [0.4, 0.5) is 0 Å². The third kappa shape index (κ3) is 4.68. The van der Waals surface area contributed by atoms with Crippen molar-refractivity contribution in [2.45, 2.75) is 19.3 Å². The minimum Gasteiger partial charge on any atom is -0.497 e. The summed E-state index contributed by atoms with van der Waals surface area (Å²) < 4.78 is 28.2. The number of allylic oxidation sites excluding steroid dienone is 1. The highest BCUT2D eigenvalue weighted by molar-refractivity contribution is 6.15. The minimum absolute atomic E-state index is 0.0881. The average molecular weight is 499 g/mol. The van der Waals surface area contributed by atoms with Crippen LogP contribution in [0.3, 0.4) is 0 Å². The van der Waals surface area contributed by atoms with Crippen LogP contribution in [0.15, 0.2) is 72.5 Å². The van der Waals surface area contributed by atoms with Crippen molar-refractivity contribution in [3.05, 3.63) is 94.8 Å². The molecule has 0 fully saturated rings. The van der Waals surface area contributed by atoms with Crippen LogP contribution < -0.4 is 23.7 Å². The van der Waals surface area contributed by atoms with Gasteiger partial charge in [0.05, 0.1) is 26.2 Å². The Morgan fingerprint density at radius 3 is 2.49 bits per heavy atom. The minimum atomic E-state index is -0.405. The van der Waals surface area contributed by atoms with Crippen LogP contribution in [-0.2, 0) is 4.79 Å². The van der Waals surface area contributed by atoms with Gasteiger partial charge in [-0.2, -0.15) is 0 Å². The van der Waals surface area contributed by atoms with Gasteiger partial charge in [0.1, 0.15) is 23.9 Å². The van der Waals surface area contributed by atoms with Crippen molar-refractivity contribution in [3.63, 3.8) is 0 Å². The fourth-order valence-corrected chi connectivity index (χ4v) is 4.47. The summed E-state index contributed by atoms with van der Waals surface area (Å²) in [4.78, 5) is 25.8. The first-order chi connectivity index (χ1) is 17.9. The van der Waals surface area contributed by atoms with E-state index >= 15 is 0 Å². The van der Waals surface area contributed by atoms with Crippen molar-refractivity contribution in [2.24, 2.45) is 0 Å². The summed E-state index contributed by atoms with van der Waals surface area (Å²) in [5.41, 5.74) is 3.55. The van der Waals surface area contributed by atoms with Gasteiger partial charge in [-0.25, -0.2) is 0 Å². The van der Waals surface area contributed by atoms with Gasteiger partial charge >= 0.3 is 5.97 Å². The lowest BCUT2D eigenvalue weighted by molar-refractivity contribution is -0.135. The molecule has 0 aliphatic carbocycles. The molecule has 2 aliphatic rings. The van der Waals surface area contributed by atoms with Crippen molar-refractivity contribution in [1.29, 1.82) is 0 Å². The Balaban J connectivity index is 1.55. The van der Waals surface area contributed by atoms with Crippen molar-refractivity contribution in [3.8, 4) is 28.7 Å². The summed E-state index contributed by atoms with van der Waals surface area (Å²) >= 11 is 0. The molecule has 2 heterocycles. The number of fused-ring (bicyclic) bond motifs is 3. The largest absolute Gasteiger partial charge is 0.497 e. The van der Waals surface area contributed by atoms with E-state index in [-0.39, 0.29) is 23.9 Å². The number of methoxy groups -OCH3 is 2. The fourth-order valence-electron chi connectivity index (χ4n) is 4.47. The van der Waals surface area contributed by atoms with Gasteiger partial charge in [0.2, 0.25) is 5.78 Å². The maximum atomic E-state index is 13.2. The maximum absolute atomic E-state index is 13.2. The molecule has 5 rings (SSSR count). The van der Waals surface area contributed by atoms with Crippen LogP contribution in [0.25, 0.3) is 6.08 Å². The summed E-state index contributed by atoms with van der Waals surface area (Å²) in [5, 5.41) is 0. The number of carbonyl (C=O) groups excluding carboxylic acids is 2. The Morgan fingerprint density at radius 1 is 1.00 bits per heavy atom. The van der Waals surface area contributed by atoms with Gasteiger partial charge in [-0.3, -0.25) is 9.59 Å². The highest BCUT2D eigenvalue weighted by Crippen LogP contribution is 2.49. The smallest absolute Gasteiger partial charge is 0.312 e. The average Bonchev–Trinajstić information content (AvgIpc) is 3.22. The molecule has 188 valence electrons. The number of ether oxygens (including phenoxy) is 5. The van der Waals surface area contributed by atoms with E-state index < -0.39 is 5.92 Å². The molecule has 0 aromatic heterocycles. The van der Waals surface area contributed by atoms with E-state index in [1.807, 2.05) is 43.3 Å². The van der Waals surface area contributed by atoms with Crippen LogP contribution in [0.5, 0.6) is 28.7 Å². The molecule has 7 heteroatoms. The van der Waals surface area contributed by atoms with Crippen molar-refractivity contribution < 1.29 is 33.3 Å². The van der Waals surface area contributed by atoms with Crippen LogP contribution in [0.2, 0.25) is 0 Å². The second-order valence-corrected chi connectivity index (χ2v) is 8.95. The fraction of sp³-hybridized carbons (Fsp3) is 0.200. The van der Waals surface area contributed by atoms with E-state index in [2.05, 4.69) is 6.58 Å². The number of esters is 1. The van der Waals surface area contributed by atoms with Gasteiger partial charge < -0.3 is 23.7 Å². The van der Waals surface area contributed by atoms with Crippen LogP contribution in [-0.4, -0.2) is 32.6 Å². The maximum Gasteiger partial charge on any atom is 0.312 e. The van der Waals surface area contributed by atoms with Crippen molar-refractivity contribution in [1.82, 2.24) is 0 Å². The first-order valence-corrected chi connectivity index (χ1v) is 11.8. The predicted molar refractivity (Wildman–Crippen MR) is 138 cm³/mol. The van der Waals surface area contributed by atoms with E-state index in [0.29, 0.717) is 46.5 Å². The first kappa shape index (κ1) is 24.2. The topological polar surface area (TPSA) is 80.3 Å². The molecule has 0 radical (unpaired) electrons. The third-order valence-electron chi connectivity index (χ3n) is 6.26. The lowest BCUT2D eigenvalue weighted by Gasteiger charge is -2.27. The first-order valence-electron chi connectivity index (χ1n) is 11.8. The van der Waals surface area contributed by atoms with Crippen LogP contribution in [0.1, 0.15) is 46.3 Å². The second-order valence-electron chi connectivity index (χ2n) is 8.95. The summed E-state index contributed by atoms with van der Waals surface area (Å²) in [6.07, 6.45) is 1.78. The van der Waals surface area contributed by atoms with E-state index in [1.165, 1.54) is 0 Å². The quantitative estimate of drug-likeness (QED) is 0.178. The number of hydrogen-bond acceptors (Lipinski definition) is 7. The standard InChI is InChI=1S/C30H26O7/c1-17(2)16-35-25-14-19(7-11-23(25)34-4)22-15-27(31)36-24-12-10-21-29(32)26(37-30(21)28(22)24)13-18-5-8-20(33-3)9-6-18/h5-14,22H,1,15-16H2,2-4H3/b26-13-. The van der Waals surface area contributed by atoms with Gasteiger partial charge in [-0.05, 0) is 66.1 Å². The molecule has 0 spiro atoms. The molecule has 0 bridgehead atoms. The zero-order valence-corrected chi connectivity index (χ0v) is 20.8. The summed E-state index contributed by atoms with van der Waals surface area (Å²) in [6.45, 7) is 6.09. The van der Waals surface area contributed by atoms with E-state index in [9.17, 15) is 9.59 Å². The lowest BCUT2D eigenvalue weighted by atomic mass is 9.84.